The van der Waals surface area contributed by atoms with Gasteiger partial charge >= 0.3 is 12.0 Å². The second-order valence-corrected chi connectivity index (χ2v) is 4.63. The average molecular weight is 264 g/mol. The highest BCUT2D eigenvalue weighted by molar-refractivity contribution is 7.99. The molecule has 0 atom stereocenters. The molecule has 4 N–H and O–H groups in total. The summed E-state index contributed by atoms with van der Waals surface area (Å²) < 4.78 is 4.41. The summed E-state index contributed by atoms with van der Waals surface area (Å²) in [6.45, 7) is 2.04. The number of rotatable bonds is 3. The number of amides is 2. The van der Waals surface area contributed by atoms with Crippen molar-refractivity contribution in [2.75, 3.05) is 18.6 Å². The minimum Gasteiger partial charge on any atom is -0.469 e. The normalized spacial score (nSPS) is 12.6. The van der Waals surface area contributed by atoms with Gasteiger partial charge in [0.15, 0.2) is 0 Å². The highest BCUT2D eigenvalue weighted by Gasteiger charge is 1.95. The number of carbonyl (C=O) groups excluding carboxylic acids is 2. The Balaban J connectivity index is 0. The fourth-order valence-electron chi connectivity index (χ4n) is 0.933. The first-order valence-corrected chi connectivity index (χ1v) is 6.89. The van der Waals surface area contributed by atoms with Gasteiger partial charge in [-0.05, 0) is 30.8 Å². The van der Waals surface area contributed by atoms with Crippen molar-refractivity contribution in [3.63, 3.8) is 0 Å². The fourth-order valence-corrected chi connectivity index (χ4v) is 1.95. The van der Waals surface area contributed by atoms with Crippen molar-refractivity contribution in [2.24, 2.45) is 11.5 Å². The molecule has 1 aliphatic heterocycles. The zero-order valence-corrected chi connectivity index (χ0v) is 11.6. The van der Waals surface area contributed by atoms with Crippen LogP contribution < -0.4 is 11.5 Å². The van der Waals surface area contributed by atoms with E-state index in [0.29, 0.717) is 6.42 Å². The van der Waals surface area contributed by atoms with E-state index in [1.165, 1.54) is 31.5 Å². The van der Waals surface area contributed by atoms with Gasteiger partial charge in [0.1, 0.15) is 0 Å². The van der Waals surface area contributed by atoms with Crippen LogP contribution >= 0.6 is 11.8 Å². The zero-order valence-electron chi connectivity index (χ0n) is 10.7. The topological polar surface area (TPSA) is 95.4 Å². The van der Waals surface area contributed by atoms with E-state index in [2.05, 4.69) is 28.0 Å². The maximum absolute atomic E-state index is 10.3. The molecule has 0 spiro atoms. The number of ether oxygens (including phenoxy) is 1. The molecule has 0 radical (unpaired) electrons. The van der Waals surface area contributed by atoms with Gasteiger partial charge in [-0.25, -0.2) is 4.79 Å². The van der Waals surface area contributed by atoms with Crippen molar-refractivity contribution in [2.45, 2.75) is 39.0 Å². The molecular formula is C11H24N2O3S. The molecule has 1 saturated heterocycles. The van der Waals surface area contributed by atoms with Crippen molar-refractivity contribution in [3.05, 3.63) is 0 Å². The molecule has 1 rings (SSSR count). The lowest BCUT2D eigenvalue weighted by Gasteiger charge is -1.93. The quantitative estimate of drug-likeness (QED) is 0.761. The van der Waals surface area contributed by atoms with Gasteiger partial charge in [0.05, 0.1) is 7.11 Å². The summed E-state index contributed by atoms with van der Waals surface area (Å²) in [4.78, 5) is 19.3. The van der Waals surface area contributed by atoms with E-state index in [4.69, 9.17) is 4.79 Å². The summed E-state index contributed by atoms with van der Waals surface area (Å²) in [7, 11) is 1.41. The molecule has 0 aliphatic carbocycles. The molecule has 0 bridgehead atoms. The first-order valence-electron chi connectivity index (χ1n) is 5.74. The summed E-state index contributed by atoms with van der Waals surface area (Å²) in [6, 6.07) is -0.833. The zero-order chi connectivity index (χ0) is 13.5. The van der Waals surface area contributed by atoms with Gasteiger partial charge in [-0.3, -0.25) is 4.79 Å². The van der Waals surface area contributed by atoms with E-state index in [0.717, 1.165) is 12.8 Å². The Bertz CT molecular complexity index is 186. The second-order valence-electron chi connectivity index (χ2n) is 3.40. The Hall–Kier alpha value is -0.910. The Labute approximate surface area is 108 Å². The Morgan fingerprint density at radius 2 is 1.71 bits per heavy atom. The molecule has 5 nitrogen and oxygen atoms in total. The molecule has 2 amide bonds. The fraction of sp³-hybridized carbons (Fsp3) is 0.818. The van der Waals surface area contributed by atoms with Crippen LogP contribution in [-0.4, -0.2) is 30.6 Å². The molecule has 0 saturated carbocycles. The highest BCUT2D eigenvalue weighted by Crippen LogP contribution is 2.14. The van der Waals surface area contributed by atoms with E-state index in [1.54, 1.807) is 0 Å². The number of carbonyl (C=O) groups is 2. The third-order valence-electron chi connectivity index (χ3n) is 1.79. The monoisotopic (exact) mass is 264 g/mol. The molecule has 0 unspecified atom stereocenters. The molecule has 1 aliphatic rings. The first-order chi connectivity index (χ1) is 8.04. The minimum absolute atomic E-state index is 0.105. The van der Waals surface area contributed by atoms with E-state index < -0.39 is 6.03 Å². The number of primary amides is 2. The Morgan fingerprint density at radius 1 is 1.24 bits per heavy atom. The van der Waals surface area contributed by atoms with Crippen LogP contribution in [0.4, 0.5) is 4.79 Å². The number of unbranched alkanes of at least 4 members (excludes halogenated alkanes) is 1. The summed E-state index contributed by atoms with van der Waals surface area (Å²) in [5, 5.41) is 0. The smallest absolute Gasteiger partial charge is 0.309 e. The lowest BCUT2D eigenvalue weighted by Crippen LogP contribution is -2.18. The maximum atomic E-state index is 10.3. The van der Waals surface area contributed by atoms with E-state index >= 15 is 0 Å². The molecule has 1 fully saturated rings. The van der Waals surface area contributed by atoms with Gasteiger partial charge in [-0.1, -0.05) is 13.3 Å². The summed E-state index contributed by atoms with van der Waals surface area (Å²) in [6.07, 6.45) is 5.48. The van der Waals surface area contributed by atoms with Crippen LogP contribution in [0.15, 0.2) is 0 Å². The van der Waals surface area contributed by atoms with Crippen molar-refractivity contribution in [3.8, 4) is 0 Å². The van der Waals surface area contributed by atoms with Crippen molar-refractivity contribution in [1.82, 2.24) is 0 Å². The summed E-state index contributed by atoms with van der Waals surface area (Å²) in [5.41, 5.74) is 8.50. The molecule has 0 aromatic carbocycles. The maximum Gasteiger partial charge on any atom is 0.309 e. The first kappa shape index (κ1) is 18.5. The molecule has 1 heterocycles. The van der Waals surface area contributed by atoms with Crippen molar-refractivity contribution < 1.29 is 14.3 Å². The van der Waals surface area contributed by atoms with E-state index in [9.17, 15) is 4.79 Å². The van der Waals surface area contributed by atoms with Crippen LogP contribution in [0.1, 0.15) is 39.0 Å². The molecule has 6 heteroatoms. The molecule has 0 aromatic rings. The van der Waals surface area contributed by atoms with E-state index in [-0.39, 0.29) is 5.97 Å². The number of hydrogen-bond donors (Lipinski definition) is 2. The van der Waals surface area contributed by atoms with Gasteiger partial charge in [-0.2, -0.15) is 11.8 Å². The van der Waals surface area contributed by atoms with Gasteiger partial charge < -0.3 is 16.2 Å². The largest absolute Gasteiger partial charge is 0.469 e. The standard InChI is InChI=1S/C6H12O2.C4H8S.CH4N2O/c1-3-4-5-6(7)8-2;1-2-4-5-3-1;2-1(3)4/h3-5H2,1-2H3;1-4H2;(H4,2,3,4). The lowest BCUT2D eigenvalue weighted by atomic mass is 10.3. The number of thioether (sulfide) groups is 1. The average Bonchev–Trinajstić information content (AvgIpc) is 2.83. The molecule has 102 valence electrons. The van der Waals surface area contributed by atoms with Crippen LogP contribution in [-0.2, 0) is 9.53 Å². The predicted molar refractivity (Wildman–Crippen MR) is 71.9 cm³/mol. The predicted octanol–water partition coefficient (Wildman–Crippen LogP) is 1.89. The molecule has 0 aromatic heterocycles. The Kier molecular flexibility index (Phi) is 16.4. The van der Waals surface area contributed by atoms with Crippen LogP contribution in [0.5, 0.6) is 0 Å². The number of nitrogens with two attached hydrogens (primary N) is 2. The number of methoxy groups -OCH3 is 1. The van der Waals surface area contributed by atoms with Crippen LogP contribution in [0, 0.1) is 0 Å². The second kappa shape index (κ2) is 15.1. The van der Waals surface area contributed by atoms with Crippen LogP contribution in [0.3, 0.4) is 0 Å². The minimum atomic E-state index is -0.833. The summed E-state index contributed by atoms with van der Waals surface area (Å²) in [5.74, 6) is 2.73. The highest BCUT2D eigenvalue weighted by atomic mass is 32.2. The lowest BCUT2D eigenvalue weighted by molar-refractivity contribution is -0.140. The van der Waals surface area contributed by atoms with Crippen molar-refractivity contribution >= 4 is 23.8 Å². The van der Waals surface area contributed by atoms with Crippen molar-refractivity contribution in [1.29, 1.82) is 0 Å². The number of urea groups is 1. The third kappa shape index (κ3) is 25.4. The number of hydrogen-bond acceptors (Lipinski definition) is 4. The SMILES string of the molecule is C1CCSC1.CCCCC(=O)OC.NC(N)=O. The molecular weight excluding hydrogens is 240 g/mol. The van der Waals surface area contributed by atoms with Gasteiger partial charge in [0.2, 0.25) is 0 Å². The molecule has 17 heavy (non-hydrogen) atoms. The third-order valence-corrected chi connectivity index (χ3v) is 2.94. The summed E-state index contributed by atoms with van der Waals surface area (Å²) >= 11 is 2.07. The van der Waals surface area contributed by atoms with Gasteiger partial charge in [-0.15, -0.1) is 0 Å². The number of esters is 1. The van der Waals surface area contributed by atoms with Gasteiger partial charge in [0, 0.05) is 6.42 Å². The van der Waals surface area contributed by atoms with E-state index in [1.807, 2.05) is 6.92 Å². The van der Waals surface area contributed by atoms with Crippen LogP contribution in [0.25, 0.3) is 0 Å². The van der Waals surface area contributed by atoms with Crippen LogP contribution in [0.2, 0.25) is 0 Å². The van der Waals surface area contributed by atoms with Gasteiger partial charge in [0.25, 0.3) is 0 Å². The Morgan fingerprint density at radius 3 is 1.94 bits per heavy atom.